The van der Waals surface area contributed by atoms with Crippen LogP contribution in [0.15, 0.2) is 24.3 Å². The second-order valence-electron chi connectivity index (χ2n) is 5.39. The molecule has 0 radical (unpaired) electrons. The summed E-state index contributed by atoms with van der Waals surface area (Å²) < 4.78 is 1.12. The molecule has 0 aromatic heterocycles. The van der Waals surface area contributed by atoms with Crippen LogP contribution in [0.4, 0.5) is 11.4 Å². The molecule has 0 unspecified atom stereocenters. The highest BCUT2D eigenvalue weighted by atomic mass is 15.4. The summed E-state index contributed by atoms with van der Waals surface area (Å²) in [7, 11) is 4.62. The lowest BCUT2D eigenvalue weighted by atomic mass is 10.1. The molecule has 1 aromatic rings. The monoisotopic (exact) mass is 220 g/mol. The van der Waals surface area contributed by atoms with E-state index in [0.717, 1.165) is 23.3 Å². The summed E-state index contributed by atoms with van der Waals surface area (Å²) in [4.78, 5) is 2.45. The largest absolute Gasteiger partial charge is 0.399 e. The molecule has 0 saturated carbocycles. The van der Waals surface area contributed by atoms with Gasteiger partial charge in [0, 0.05) is 11.4 Å². The Morgan fingerprint density at radius 3 is 2.44 bits per heavy atom. The number of quaternary nitrogens is 1. The first-order valence-electron chi connectivity index (χ1n) is 5.92. The van der Waals surface area contributed by atoms with Crippen LogP contribution in [0, 0.1) is 0 Å². The summed E-state index contributed by atoms with van der Waals surface area (Å²) in [5.41, 5.74) is 7.84. The molecule has 16 heavy (non-hydrogen) atoms. The van der Waals surface area contributed by atoms with E-state index in [-0.39, 0.29) is 0 Å². The second kappa shape index (κ2) is 3.98. The van der Waals surface area contributed by atoms with Crippen molar-refractivity contribution in [2.45, 2.75) is 13.0 Å². The molecule has 2 rings (SSSR count). The topological polar surface area (TPSA) is 29.3 Å². The van der Waals surface area contributed by atoms with Gasteiger partial charge in [-0.2, -0.15) is 0 Å². The van der Waals surface area contributed by atoms with Crippen molar-refractivity contribution in [3.63, 3.8) is 0 Å². The summed E-state index contributed by atoms with van der Waals surface area (Å²) in [5, 5.41) is 0. The molecule has 0 bridgehead atoms. The highest BCUT2D eigenvalue weighted by Crippen LogP contribution is 2.22. The van der Waals surface area contributed by atoms with Gasteiger partial charge in [0.05, 0.1) is 33.7 Å². The molecular weight excluding hydrogens is 198 g/mol. The Labute approximate surface area is 98.0 Å². The van der Waals surface area contributed by atoms with E-state index >= 15 is 0 Å². The molecule has 2 N–H and O–H groups in total. The Hall–Kier alpha value is -1.22. The Balaban J connectivity index is 2.10. The Bertz CT molecular complexity index is 356. The van der Waals surface area contributed by atoms with E-state index < -0.39 is 0 Å². The minimum absolute atomic E-state index is 0.673. The fourth-order valence-corrected chi connectivity index (χ4v) is 2.15. The molecule has 1 aliphatic rings. The number of hydrogen-bond acceptors (Lipinski definition) is 2. The van der Waals surface area contributed by atoms with Crippen LogP contribution >= 0.6 is 0 Å². The molecule has 88 valence electrons. The zero-order valence-electron chi connectivity index (χ0n) is 10.5. The van der Waals surface area contributed by atoms with Crippen molar-refractivity contribution < 1.29 is 4.48 Å². The van der Waals surface area contributed by atoms with Crippen LogP contribution in [0.25, 0.3) is 0 Å². The van der Waals surface area contributed by atoms with Crippen molar-refractivity contribution >= 4 is 11.4 Å². The van der Waals surface area contributed by atoms with Crippen LogP contribution < -0.4 is 10.6 Å². The minimum Gasteiger partial charge on any atom is -0.399 e. The van der Waals surface area contributed by atoms with Crippen LogP contribution in [-0.4, -0.2) is 44.3 Å². The SMILES string of the molecule is C[C@@H]1CN(c2ccc(N)cc2)CC[N+]1(C)C. The number of likely N-dealkylation sites (N-methyl/N-ethyl adjacent to an activating group) is 1. The van der Waals surface area contributed by atoms with Gasteiger partial charge < -0.3 is 15.1 Å². The van der Waals surface area contributed by atoms with E-state index in [1.165, 1.54) is 12.2 Å². The fraction of sp³-hybridized carbons (Fsp3) is 0.538. The maximum atomic E-state index is 5.70. The molecule has 0 spiro atoms. The zero-order valence-corrected chi connectivity index (χ0v) is 10.5. The van der Waals surface area contributed by atoms with E-state index in [0.29, 0.717) is 6.04 Å². The lowest BCUT2D eigenvalue weighted by molar-refractivity contribution is -0.913. The molecule has 1 aliphatic heterocycles. The Kier molecular flexibility index (Phi) is 2.80. The number of rotatable bonds is 1. The summed E-state index contributed by atoms with van der Waals surface area (Å²) in [6.45, 7) is 5.77. The summed E-state index contributed by atoms with van der Waals surface area (Å²) in [5.74, 6) is 0. The van der Waals surface area contributed by atoms with Gasteiger partial charge >= 0.3 is 0 Å². The van der Waals surface area contributed by atoms with Crippen molar-refractivity contribution in [3.8, 4) is 0 Å². The van der Waals surface area contributed by atoms with Crippen LogP contribution in [0.5, 0.6) is 0 Å². The first kappa shape index (κ1) is 11.3. The predicted molar refractivity (Wildman–Crippen MR) is 69.5 cm³/mol. The molecule has 1 aromatic carbocycles. The number of nitrogens with zero attached hydrogens (tertiary/aromatic N) is 2. The van der Waals surface area contributed by atoms with Crippen LogP contribution in [-0.2, 0) is 0 Å². The normalized spacial score (nSPS) is 24.4. The zero-order chi connectivity index (χ0) is 11.8. The molecular formula is C13H22N3+. The van der Waals surface area contributed by atoms with E-state index in [1.54, 1.807) is 0 Å². The van der Waals surface area contributed by atoms with Gasteiger partial charge in [-0.05, 0) is 31.2 Å². The van der Waals surface area contributed by atoms with Crippen molar-refractivity contribution in [2.24, 2.45) is 0 Å². The standard InChI is InChI=1S/C13H22N3/c1-11-10-15(8-9-16(11,2)3)13-6-4-12(14)5-7-13/h4-7,11H,8-10,14H2,1-3H3/q+1/t11-/m1/s1. The van der Waals surface area contributed by atoms with Gasteiger partial charge in [-0.3, -0.25) is 0 Å². The molecule has 0 aliphatic carbocycles. The molecule has 1 fully saturated rings. The molecule has 1 heterocycles. The van der Waals surface area contributed by atoms with Gasteiger partial charge in [0.2, 0.25) is 0 Å². The fourth-order valence-electron chi connectivity index (χ4n) is 2.15. The van der Waals surface area contributed by atoms with Gasteiger partial charge in [-0.1, -0.05) is 0 Å². The number of benzene rings is 1. The Morgan fingerprint density at radius 2 is 1.88 bits per heavy atom. The van der Waals surface area contributed by atoms with Crippen LogP contribution in [0.1, 0.15) is 6.92 Å². The van der Waals surface area contributed by atoms with Crippen molar-refractivity contribution in [1.82, 2.24) is 0 Å². The highest BCUT2D eigenvalue weighted by molar-refractivity contribution is 5.53. The average Bonchev–Trinajstić information content (AvgIpc) is 2.24. The van der Waals surface area contributed by atoms with Gasteiger partial charge in [-0.15, -0.1) is 0 Å². The minimum atomic E-state index is 0.673. The molecule has 1 atom stereocenters. The maximum absolute atomic E-state index is 5.70. The van der Waals surface area contributed by atoms with E-state index in [2.05, 4.69) is 38.1 Å². The summed E-state index contributed by atoms with van der Waals surface area (Å²) >= 11 is 0. The van der Waals surface area contributed by atoms with E-state index in [9.17, 15) is 0 Å². The third kappa shape index (κ3) is 2.14. The summed E-state index contributed by atoms with van der Waals surface area (Å²) in [6.07, 6.45) is 0. The van der Waals surface area contributed by atoms with Gasteiger partial charge in [0.15, 0.2) is 0 Å². The van der Waals surface area contributed by atoms with Gasteiger partial charge in [-0.25, -0.2) is 0 Å². The number of nitrogen functional groups attached to an aromatic ring is 1. The highest BCUT2D eigenvalue weighted by Gasteiger charge is 2.31. The smallest absolute Gasteiger partial charge is 0.104 e. The Morgan fingerprint density at radius 1 is 1.25 bits per heavy atom. The quantitative estimate of drug-likeness (QED) is 0.575. The second-order valence-corrected chi connectivity index (χ2v) is 5.39. The van der Waals surface area contributed by atoms with Crippen molar-refractivity contribution in [2.75, 3.05) is 44.4 Å². The van der Waals surface area contributed by atoms with E-state index in [1.807, 2.05) is 12.1 Å². The molecule has 3 heteroatoms. The molecule has 0 amide bonds. The predicted octanol–water partition coefficient (Wildman–Crippen LogP) is 1.55. The van der Waals surface area contributed by atoms with E-state index in [4.69, 9.17) is 5.73 Å². The number of nitrogens with two attached hydrogens (primary N) is 1. The molecule has 1 saturated heterocycles. The maximum Gasteiger partial charge on any atom is 0.104 e. The van der Waals surface area contributed by atoms with Crippen LogP contribution in [0.3, 0.4) is 0 Å². The molecule has 3 nitrogen and oxygen atoms in total. The first-order valence-corrected chi connectivity index (χ1v) is 5.92. The number of hydrogen-bond donors (Lipinski definition) is 1. The third-order valence-corrected chi connectivity index (χ3v) is 3.88. The van der Waals surface area contributed by atoms with Crippen LogP contribution in [0.2, 0.25) is 0 Å². The third-order valence-electron chi connectivity index (χ3n) is 3.88. The lowest BCUT2D eigenvalue weighted by Gasteiger charge is -2.45. The van der Waals surface area contributed by atoms with Crippen molar-refractivity contribution in [1.29, 1.82) is 0 Å². The first-order chi connectivity index (χ1) is 7.49. The summed E-state index contributed by atoms with van der Waals surface area (Å²) in [6, 6.07) is 8.87. The van der Waals surface area contributed by atoms with Gasteiger partial charge in [0.1, 0.15) is 6.04 Å². The lowest BCUT2D eigenvalue weighted by Crippen LogP contribution is -2.60. The number of piperazine rings is 1. The van der Waals surface area contributed by atoms with Gasteiger partial charge in [0.25, 0.3) is 0 Å². The average molecular weight is 220 g/mol. The van der Waals surface area contributed by atoms with Crippen molar-refractivity contribution in [3.05, 3.63) is 24.3 Å². The number of anilines is 2.